The molecule has 0 saturated heterocycles. The van der Waals surface area contributed by atoms with Crippen molar-refractivity contribution in [3.63, 3.8) is 0 Å². The number of methoxy groups -OCH3 is 1. The van der Waals surface area contributed by atoms with Gasteiger partial charge in [0.05, 0.1) is 19.3 Å². The average Bonchev–Trinajstić information content (AvgIpc) is 2.72. The van der Waals surface area contributed by atoms with Crippen molar-refractivity contribution < 1.29 is 4.74 Å². The van der Waals surface area contributed by atoms with Gasteiger partial charge in [0.1, 0.15) is 5.75 Å². The molecule has 0 fully saturated rings. The van der Waals surface area contributed by atoms with E-state index in [0.717, 1.165) is 36.6 Å². The minimum absolute atomic E-state index is 0.739. The molecule has 20 heavy (non-hydrogen) atoms. The van der Waals surface area contributed by atoms with Crippen LogP contribution in [0.5, 0.6) is 5.75 Å². The van der Waals surface area contributed by atoms with Gasteiger partial charge in [-0.3, -0.25) is 4.68 Å². The van der Waals surface area contributed by atoms with E-state index >= 15 is 0 Å². The Morgan fingerprint density at radius 3 is 2.70 bits per heavy atom. The van der Waals surface area contributed by atoms with E-state index in [1.54, 1.807) is 7.11 Å². The van der Waals surface area contributed by atoms with Gasteiger partial charge in [0.2, 0.25) is 0 Å². The molecule has 1 N–H and O–H groups in total. The van der Waals surface area contributed by atoms with Gasteiger partial charge in [0.25, 0.3) is 0 Å². The Morgan fingerprint density at radius 2 is 2.00 bits per heavy atom. The maximum atomic E-state index is 5.41. The molecule has 2 rings (SSSR count). The third kappa shape index (κ3) is 3.02. The first-order chi connectivity index (χ1) is 9.67. The molecule has 0 aliphatic carbocycles. The Bertz CT molecular complexity index is 575. The maximum absolute atomic E-state index is 5.41. The summed E-state index contributed by atoms with van der Waals surface area (Å²) in [6.45, 7) is 8.89. The zero-order valence-corrected chi connectivity index (χ0v) is 12.7. The highest BCUT2D eigenvalue weighted by Gasteiger charge is 2.12. The third-order valence-corrected chi connectivity index (χ3v) is 3.60. The van der Waals surface area contributed by atoms with Crippen molar-refractivity contribution in [1.29, 1.82) is 0 Å². The second-order valence-electron chi connectivity index (χ2n) is 4.90. The number of nitrogens with one attached hydrogen (secondary N) is 1. The summed E-state index contributed by atoms with van der Waals surface area (Å²) >= 11 is 0. The number of nitrogens with zero attached hydrogens (tertiary/aromatic N) is 2. The predicted octanol–water partition coefficient (Wildman–Crippen LogP) is 2.67. The molecule has 2 aromatic rings. The summed E-state index contributed by atoms with van der Waals surface area (Å²) in [5.41, 5.74) is 4.75. The van der Waals surface area contributed by atoms with Gasteiger partial charge in [0.15, 0.2) is 0 Å². The van der Waals surface area contributed by atoms with Crippen LogP contribution >= 0.6 is 0 Å². The van der Waals surface area contributed by atoms with Gasteiger partial charge in [-0.1, -0.05) is 25.1 Å². The van der Waals surface area contributed by atoms with Gasteiger partial charge in [0, 0.05) is 23.4 Å². The van der Waals surface area contributed by atoms with Crippen molar-refractivity contribution in [2.45, 2.75) is 33.9 Å². The van der Waals surface area contributed by atoms with Gasteiger partial charge in [-0.25, -0.2) is 0 Å². The van der Waals surface area contributed by atoms with E-state index < -0.39 is 0 Å². The molecule has 1 heterocycles. The zero-order chi connectivity index (χ0) is 14.5. The van der Waals surface area contributed by atoms with Crippen molar-refractivity contribution in [3.8, 4) is 5.75 Å². The Balaban J connectivity index is 2.25. The first-order valence-corrected chi connectivity index (χ1v) is 7.02. The number of benzene rings is 1. The van der Waals surface area contributed by atoms with Crippen molar-refractivity contribution in [2.24, 2.45) is 0 Å². The number of hydrogen-bond donors (Lipinski definition) is 1. The highest BCUT2D eigenvalue weighted by Crippen LogP contribution is 2.20. The molecule has 1 aromatic carbocycles. The van der Waals surface area contributed by atoms with Crippen LogP contribution in [0.4, 0.5) is 0 Å². The molecule has 0 aliphatic rings. The number of para-hydroxylation sites is 1. The molecule has 0 saturated carbocycles. The van der Waals surface area contributed by atoms with E-state index in [-0.39, 0.29) is 0 Å². The number of hydrogen-bond acceptors (Lipinski definition) is 3. The third-order valence-electron chi connectivity index (χ3n) is 3.60. The monoisotopic (exact) mass is 273 g/mol. The lowest BCUT2D eigenvalue weighted by Gasteiger charge is -2.10. The van der Waals surface area contributed by atoms with E-state index in [1.807, 2.05) is 18.2 Å². The van der Waals surface area contributed by atoms with Crippen LogP contribution < -0.4 is 10.1 Å². The second kappa shape index (κ2) is 6.57. The average molecular weight is 273 g/mol. The minimum Gasteiger partial charge on any atom is -0.496 e. The molecule has 0 unspecified atom stereocenters. The van der Waals surface area contributed by atoms with Gasteiger partial charge in [-0.2, -0.15) is 5.10 Å². The molecule has 0 spiro atoms. The van der Waals surface area contributed by atoms with E-state index in [4.69, 9.17) is 4.74 Å². The second-order valence-corrected chi connectivity index (χ2v) is 4.90. The summed E-state index contributed by atoms with van der Waals surface area (Å²) in [5.74, 6) is 0.910. The maximum Gasteiger partial charge on any atom is 0.123 e. The fraction of sp³-hybridized carbons (Fsp3) is 0.438. The SMILES string of the molecule is CCNCc1c(C)nn(Cc2ccccc2OC)c1C. The Hall–Kier alpha value is -1.81. The summed E-state index contributed by atoms with van der Waals surface area (Å²) < 4.78 is 7.46. The summed E-state index contributed by atoms with van der Waals surface area (Å²) in [6.07, 6.45) is 0. The summed E-state index contributed by atoms with van der Waals surface area (Å²) in [7, 11) is 1.70. The van der Waals surface area contributed by atoms with Crippen LogP contribution in [0.15, 0.2) is 24.3 Å². The molecule has 108 valence electrons. The number of aromatic nitrogens is 2. The highest BCUT2D eigenvalue weighted by atomic mass is 16.5. The van der Waals surface area contributed by atoms with Gasteiger partial charge in [-0.05, 0) is 26.5 Å². The van der Waals surface area contributed by atoms with Crippen LogP contribution in [-0.2, 0) is 13.1 Å². The highest BCUT2D eigenvalue weighted by molar-refractivity contribution is 5.34. The van der Waals surface area contributed by atoms with E-state index in [0.29, 0.717) is 0 Å². The molecule has 0 aliphatic heterocycles. The Kier molecular flexibility index (Phi) is 4.79. The normalized spacial score (nSPS) is 10.8. The fourth-order valence-electron chi connectivity index (χ4n) is 2.39. The molecule has 0 amide bonds. The molecule has 0 radical (unpaired) electrons. The first-order valence-electron chi connectivity index (χ1n) is 7.02. The molecule has 4 heteroatoms. The van der Waals surface area contributed by atoms with Crippen LogP contribution in [0, 0.1) is 13.8 Å². The van der Waals surface area contributed by atoms with Gasteiger partial charge < -0.3 is 10.1 Å². The number of aryl methyl sites for hydroxylation is 1. The standard InChI is InChI=1S/C16H23N3O/c1-5-17-10-15-12(2)18-19(13(15)3)11-14-8-6-7-9-16(14)20-4/h6-9,17H,5,10-11H2,1-4H3. The van der Waals surface area contributed by atoms with Crippen LogP contribution in [0.3, 0.4) is 0 Å². The van der Waals surface area contributed by atoms with E-state index in [9.17, 15) is 0 Å². The van der Waals surface area contributed by atoms with E-state index in [2.05, 4.69) is 41.9 Å². The number of ether oxygens (including phenoxy) is 1. The lowest BCUT2D eigenvalue weighted by Crippen LogP contribution is -2.13. The van der Waals surface area contributed by atoms with E-state index in [1.165, 1.54) is 11.3 Å². The van der Waals surface area contributed by atoms with Crippen LogP contribution in [0.25, 0.3) is 0 Å². The molecule has 0 atom stereocenters. The van der Waals surface area contributed by atoms with Crippen LogP contribution in [0.2, 0.25) is 0 Å². The van der Waals surface area contributed by atoms with Crippen molar-refractivity contribution in [1.82, 2.24) is 15.1 Å². The lowest BCUT2D eigenvalue weighted by molar-refractivity contribution is 0.407. The first kappa shape index (κ1) is 14.6. The topological polar surface area (TPSA) is 39.1 Å². The van der Waals surface area contributed by atoms with Crippen molar-refractivity contribution in [2.75, 3.05) is 13.7 Å². The van der Waals surface area contributed by atoms with Gasteiger partial charge in [-0.15, -0.1) is 0 Å². The fourth-order valence-corrected chi connectivity index (χ4v) is 2.39. The largest absolute Gasteiger partial charge is 0.496 e. The zero-order valence-electron chi connectivity index (χ0n) is 12.7. The molecular weight excluding hydrogens is 250 g/mol. The Labute approximate surface area is 120 Å². The summed E-state index contributed by atoms with van der Waals surface area (Å²) in [4.78, 5) is 0. The molecular formula is C16H23N3O. The molecule has 0 bridgehead atoms. The molecule has 4 nitrogen and oxygen atoms in total. The summed E-state index contributed by atoms with van der Waals surface area (Å²) in [6, 6.07) is 8.09. The van der Waals surface area contributed by atoms with Crippen molar-refractivity contribution in [3.05, 3.63) is 46.8 Å². The molecule has 1 aromatic heterocycles. The predicted molar refractivity (Wildman–Crippen MR) is 81.2 cm³/mol. The quantitative estimate of drug-likeness (QED) is 0.879. The van der Waals surface area contributed by atoms with Crippen LogP contribution in [0.1, 0.15) is 29.4 Å². The minimum atomic E-state index is 0.739. The van der Waals surface area contributed by atoms with Gasteiger partial charge >= 0.3 is 0 Å². The van der Waals surface area contributed by atoms with Crippen molar-refractivity contribution >= 4 is 0 Å². The summed E-state index contributed by atoms with van der Waals surface area (Å²) in [5, 5.41) is 8.02. The number of rotatable bonds is 6. The lowest BCUT2D eigenvalue weighted by atomic mass is 10.2. The smallest absolute Gasteiger partial charge is 0.123 e. The van der Waals surface area contributed by atoms with Crippen LogP contribution in [-0.4, -0.2) is 23.4 Å². The Morgan fingerprint density at radius 1 is 1.25 bits per heavy atom.